The molecular weight excluding hydrogens is 442 g/mol. The summed E-state index contributed by atoms with van der Waals surface area (Å²) < 4.78 is 7.67. The van der Waals surface area contributed by atoms with Crippen LogP contribution in [0.3, 0.4) is 0 Å². The van der Waals surface area contributed by atoms with E-state index in [1.807, 2.05) is 67.8 Å². The second kappa shape index (κ2) is 9.58. The number of amides is 1. The maximum atomic E-state index is 13.2. The summed E-state index contributed by atoms with van der Waals surface area (Å²) in [6, 6.07) is 15.3. The zero-order valence-corrected chi connectivity index (χ0v) is 19.7. The van der Waals surface area contributed by atoms with Crippen LogP contribution in [-0.2, 0) is 11.3 Å². The van der Waals surface area contributed by atoms with E-state index in [1.54, 1.807) is 11.7 Å². The fraction of sp³-hybridized carbons (Fsp3) is 0.208. The molecule has 8 heteroatoms. The Bertz CT molecular complexity index is 1340. The average molecular weight is 466 g/mol. The lowest BCUT2D eigenvalue weighted by atomic mass is 10.1. The number of methoxy groups -OCH3 is 1. The Morgan fingerprint density at radius 1 is 1.19 bits per heavy atom. The van der Waals surface area contributed by atoms with Gasteiger partial charge in [-0.15, -0.1) is 11.3 Å². The second-order valence-electron chi connectivity index (χ2n) is 7.39. The van der Waals surface area contributed by atoms with Gasteiger partial charge in [0.15, 0.2) is 5.16 Å². The van der Waals surface area contributed by atoms with Gasteiger partial charge >= 0.3 is 0 Å². The Morgan fingerprint density at radius 3 is 2.78 bits per heavy atom. The minimum Gasteiger partial charge on any atom is -0.496 e. The van der Waals surface area contributed by atoms with E-state index in [2.05, 4.69) is 10.3 Å². The van der Waals surface area contributed by atoms with Crippen molar-refractivity contribution in [1.29, 1.82) is 0 Å². The number of aromatic nitrogens is 2. The predicted molar refractivity (Wildman–Crippen MR) is 131 cm³/mol. The maximum Gasteiger partial charge on any atom is 0.272 e. The number of benzene rings is 2. The van der Waals surface area contributed by atoms with Crippen LogP contribution in [0.4, 0.5) is 5.69 Å². The molecule has 2 heterocycles. The molecule has 32 heavy (non-hydrogen) atoms. The molecule has 0 unspecified atom stereocenters. The number of aryl methyl sites for hydroxylation is 2. The number of nitrogens with one attached hydrogen (secondary N) is 1. The van der Waals surface area contributed by atoms with Crippen molar-refractivity contribution in [3.05, 3.63) is 81.0 Å². The van der Waals surface area contributed by atoms with E-state index >= 15 is 0 Å². The summed E-state index contributed by atoms with van der Waals surface area (Å²) in [7, 11) is 1.61. The van der Waals surface area contributed by atoms with Crippen molar-refractivity contribution in [3.8, 4) is 5.75 Å². The highest BCUT2D eigenvalue weighted by Gasteiger charge is 2.16. The number of carbonyl (C=O) groups excluding carboxylic acids is 1. The van der Waals surface area contributed by atoms with Crippen LogP contribution < -0.4 is 15.6 Å². The van der Waals surface area contributed by atoms with Crippen molar-refractivity contribution in [1.82, 2.24) is 9.55 Å². The van der Waals surface area contributed by atoms with Crippen LogP contribution in [0.5, 0.6) is 5.75 Å². The number of ether oxygens (including phenoxy) is 1. The van der Waals surface area contributed by atoms with Crippen molar-refractivity contribution in [2.45, 2.75) is 25.5 Å². The fourth-order valence-electron chi connectivity index (χ4n) is 3.45. The van der Waals surface area contributed by atoms with Crippen LogP contribution in [0, 0.1) is 13.8 Å². The SMILES string of the molecule is COc1ccccc1Cn1c(SCC(=O)Nc2ccc(C)cc2C)nc2ccsc2c1=O. The zero-order valence-electron chi connectivity index (χ0n) is 18.0. The summed E-state index contributed by atoms with van der Waals surface area (Å²) in [6.07, 6.45) is 0. The summed E-state index contributed by atoms with van der Waals surface area (Å²) in [5.41, 5.74) is 4.34. The number of nitrogens with zero attached hydrogens (tertiary/aromatic N) is 2. The van der Waals surface area contributed by atoms with Gasteiger partial charge in [-0.05, 0) is 43.0 Å². The molecule has 0 fully saturated rings. The Kier molecular flexibility index (Phi) is 6.62. The van der Waals surface area contributed by atoms with Crippen molar-refractivity contribution in [2.75, 3.05) is 18.2 Å². The normalized spacial score (nSPS) is 11.0. The predicted octanol–water partition coefficient (Wildman–Crippen LogP) is 4.86. The highest BCUT2D eigenvalue weighted by atomic mass is 32.2. The van der Waals surface area contributed by atoms with Crippen LogP contribution in [0.25, 0.3) is 10.2 Å². The molecule has 0 saturated heterocycles. The Morgan fingerprint density at radius 2 is 2.00 bits per heavy atom. The van der Waals surface area contributed by atoms with Gasteiger partial charge in [0.1, 0.15) is 10.4 Å². The van der Waals surface area contributed by atoms with Gasteiger partial charge in [-0.25, -0.2) is 4.98 Å². The van der Waals surface area contributed by atoms with Gasteiger partial charge in [-0.2, -0.15) is 0 Å². The molecule has 1 amide bonds. The summed E-state index contributed by atoms with van der Waals surface area (Å²) in [5, 5.41) is 5.31. The van der Waals surface area contributed by atoms with Gasteiger partial charge in [-0.3, -0.25) is 14.2 Å². The zero-order chi connectivity index (χ0) is 22.7. The molecule has 0 spiro atoms. The van der Waals surface area contributed by atoms with Crippen LogP contribution in [0.1, 0.15) is 16.7 Å². The molecule has 2 aromatic heterocycles. The molecule has 0 aliphatic carbocycles. The van der Waals surface area contributed by atoms with Crippen LogP contribution in [0.2, 0.25) is 0 Å². The minimum atomic E-state index is -0.148. The van der Waals surface area contributed by atoms with E-state index in [9.17, 15) is 9.59 Å². The lowest BCUT2D eigenvalue weighted by Gasteiger charge is -2.14. The number of hydrogen-bond acceptors (Lipinski definition) is 6. The third kappa shape index (κ3) is 4.71. The van der Waals surface area contributed by atoms with Crippen molar-refractivity contribution in [2.24, 2.45) is 0 Å². The summed E-state index contributed by atoms with van der Waals surface area (Å²) >= 11 is 2.62. The van der Waals surface area contributed by atoms with E-state index in [0.717, 1.165) is 22.4 Å². The molecule has 4 aromatic rings. The number of carbonyl (C=O) groups is 1. The molecule has 6 nitrogen and oxygen atoms in total. The summed E-state index contributed by atoms with van der Waals surface area (Å²) in [6.45, 7) is 4.29. The quantitative estimate of drug-likeness (QED) is 0.312. The number of thiophene rings is 1. The largest absolute Gasteiger partial charge is 0.496 e. The van der Waals surface area contributed by atoms with E-state index < -0.39 is 0 Å². The topological polar surface area (TPSA) is 73.2 Å². The monoisotopic (exact) mass is 465 g/mol. The third-order valence-corrected chi connectivity index (χ3v) is 6.91. The van der Waals surface area contributed by atoms with Crippen molar-refractivity contribution < 1.29 is 9.53 Å². The molecule has 2 aromatic carbocycles. The first-order valence-electron chi connectivity index (χ1n) is 10.1. The number of anilines is 1. The maximum absolute atomic E-state index is 13.2. The lowest BCUT2D eigenvalue weighted by molar-refractivity contribution is -0.113. The van der Waals surface area contributed by atoms with Crippen molar-refractivity contribution in [3.63, 3.8) is 0 Å². The number of thioether (sulfide) groups is 1. The Balaban J connectivity index is 1.60. The first-order valence-corrected chi connectivity index (χ1v) is 11.9. The van der Waals surface area contributed by atoms with Gasteiger partial charge in [0.25, 0.3) is 5.56 Å². The third-order valence-electron chi connectivity index (χ3n) is 5.04. The second-order valence-corrected chi connectivity index (χ2v) is 9.25. The first kappa shape index (κ1) is 22.1. The highest BCUT2D eigenvalue weighted by molar-refractivity contribution is 7.99. The lowest BCUT2D eigenvalue weighted by Crippen LogP contribution is -2.24. The molecule has 0 aliphatic rings. The molecule has 164 valence electrons. The number of para-hydroxylation sites is 1. The Labute approximate surface area is 194 Å². The molecule has 0 atom stereocenters. The van der Waals surface area contributed by atoms with Crippen LogP contribution in [0.15, 0.2) is 63.9 Å². The van der Waals surface area contributed by atoms with Crippen LogP contribution in [-0.4, -0.2) is 28.3 Å². The number of rotatable bonds is 7. The minimum absolute atomic E-state index is 0.117. The van der Waals surface area contributed by atoms with Gasteiger partial charge in [0, 0.05) is 11.3 Å². The van der Waals surface area contributed by atoms with E-state index in [-0.39, 0.29) is 17.2 Å². The fourth-order valence-corrected chi connectivity index (χ4v) is 5.02. The summed E-state index contributed by atoms with van der Waals surface area (Å²) in [4.78, 5) is 30.5. The number of hydrogen-bond donors (Lipinski definition) is 1. The van der Waals surface area contributed by atoms with Gasteiger partial charge in [0.2, 0.25) is 5.91 Å². The van der Waals surface area contributed by atoms with Gasteiger partial charge in [0.05, 0.1) is 24.9 Å². The smallest absolute Gasteiger partial charge is 0.272 e. The first-order chi connectivity index (χ1) is 15.5. The summed E-state index contributed by atoms with van der Waals surface area (Å²) in [5.74, 6) is 0.695. The van der Waals surface area contributed by atoms with Gasteiger partial charge in [-0.1, -0.05) is 47.7 Å². The molecule has 0 saturated carbocycles. The van der Waals surface area contributed by atoms with Gasteiger partial charge < -0.3 is 10.1 Å². The average Bonchev–Trinajstić information content (AvgIpc) is 3.25. The number of fused-ring (bicyclic) bond motifs is 1. The molecule has 0 radical (unpaired) electrons. The van der Waals surface area contributed by atoms with Crippen molar-refractivity contribution >= 4 is 44.9 Å². The van der Waals surface area contributed by atoms with E-state index in [4.69, 9.17) is 4.74 Å². The molecule has 0 aliphatic heterocycles. The van der Waals surface area contributed by atoms with E-state index in [1.165, 1.54) is 23.1 Å². The highest BCUT2D eigenvalue weighted by Crippen LogP contribution is 2.25. The van der Waals surface area contributed by atoms with E-state index in [0.29, 0.717) is 27.7 Å². The molecule has 0 bridgehead atoms. The molecule has 4 rings (SSSR count). The van der Waals surface area contributed by atoms with Crippen LogP contribution >= 0.6 is 23.1 Å². The molecule has 1 N–H and O–H groups in total. The Hall–Kier alpha value is -3.10. The standard InChI is InChI=1S/C24H23N3O3S2/c1-15-8-9-18(16(2)12-15)25-21(28)14-32-24-26-19-10-11-31-22(19)23(29)27(24)13-17-6-4-5-7-20(17)30-3/h4-12H,13-14H2,1-3H3,(H,25,28). The molecular formula is C24H23N3O3S2.